The predicted octanol–water partition coefficient (Wildman–Crippen LogP) is 2.80. The second kappa shape index (κ2) is 5.68. The van der Waals surface area contributed by atoms with E-state index in [9.17, 15) is 0 Å². The van der Waals surface area contributed by atoms with Crippen LogP contribution < -0.4 is 5.32 Å². The molecule has 2 heterocycles. The van der Waals surface area contributed by atoms with Crippen molar-refractivity contribution in [3.05, 3.63) is 16.1 Å². The van der Waals surface area contributed by atoms with E-state index in [1.807, 2.05) is 0 Å². The molecule has 18 heavy (non-hydrogen) atoms. The maximum absolute atomic E-state index is 4.60. The number of hydrogen-bond acceptors (Lipinski definition) is 4. The highest BCUT2D eigenvalue weighted by molar-refractivity contribution is 7.09. The van der Waals surface area contributed by atoms with Crippen LogP contribution in [-0.2, 0) is 6.54 Å². The van der Waals surface area contributed by atoms with Crippen LogP contribution in [0.2, 0.25) is 0 Å². The molecule has 1 saturated heterocycles. The Labute approximate surface area is 115 Å². The van der Waals surface area contributed by atoms with Gasteiger partial charge in [-0.3, -0.25) is 4.90 Å². The fourth-order valence-electron chi connectivity index (χ4n) is 2.72. The molecule has 102 valence electrons. The van der Waals surface area contributed by atoms with Crippen molar-refractivity contribution >= 4 is 11.3 Å². The van der Waals surface area contributed by atoms with E-state index in [2.05, 4.69) is 48.3 Å². The van der Waals surface area contributed by atoms with E-state index < -0.39 is 0 Å². The first-order valence-corrected chi connectivity index (χ1v) is 7.86. The van der Waals surface area contributed by atoms with Gasteiger partial charge < -0.3 is 5.32 Å². The lowest BCUT2D eigenvalue weighted by Gasteiger charge is -2.46. The Balaban J connectivity index is 2.05. The van der Waals surface area contributed by atoms with E-state index in [1.165, 1.54) is 23.5 Å². The van der Waals surface area contributed by atoms with Crippen molar-refractivity contribution < 1.29 is 0 Å². The van der Waals surface area contributed by atoms with Gasteiger partial charge in [0.15, 0.2) is 0 Å². The van der Waals surface area contributed by atoms with Gasteiger partial charge in [-0.25, -0.2) is 4.98 Å². The maximum Gasteiger partial charge on any atom is 0.0897 e. The topological polar surface area (TPSA) is 28.2 Å². The quantitative estimate of drug-likeness (QED) is 0.909. The van der Waals surface area contributed by atoms with Crippen LogP contribution in [0, 0.1) is 6.92 Å². The molecule has 1 aliphatic heterocycles. The lowest BCUT2D eigenvalue weighted by molar-refractivity contribution is 0.0737. The summed E-state index contributed by atoms with van der Waals surface area (Å²) in [5.41, 5.74) is 1.53. The normalized spacial score (nSPS) is 24.3. The zero-order valence-electron chi connectivity index (χ0n) is 12.0. The molecule has 1 aromatic rings. The van der Waals surface area contributed by atoms with Crippen LogP contribution in [0.4, 0.5) is 0 Å². The molecule has 0 aliphatic carbocycles. The molecule has 3 nitrogen and oxygen atoms in total. The van der Waals surface area contributed by atoms with Crippen LogP contribution in [0.5, 0.6) is 0 Å². The number of rotatable bonds is 4. The van der Waals surface area contributed by atoms with Crippen LogP contribution in [0.25, 0.3) is 0 Å². The van der Waals surface area contributed by atoms with E-state index in [0.29, 0.717) is 11.6 Å². The minimum atomic E-state index is 0.303. The highest BCUT2D eigenvalue weighted by Crippen LogP contribution is 2.24. The van der Waals surface area contributed by atoms with Gasteiger partial charge in [0.2, 0.25) is 0 Å². The Morgan fingerprint density at radius 1 is 1.50 bits per heavy atom. The average molecular weight is 267 g/mol. The average Bonchev–Trinajstić information content (AvgIpc) is 2.78. The molecule has 1 N–H and O–H groups in total. The first-order chi connectivity index (χ1) is 8.58. The van der Waals surface area contributed by atoms with Crippen LogP contribution in [0.1, 0.15) is 44.3 Å². The Kier molecular flexibility index (Phi) is 4.41. The molecule has 0 spiro atoms. The number of nitrogens with one attached hydrogen (secondary N) is 1. The summed E-state index contributed by atoms with van der Waals surface area (Å²) in [6.07, 6.45) is 2.39. The molecule has 1 aromatic heterocycles. The van der Waals surface area contributed by atoms with Crippen LogP contribution in [0.3, 0.4) is 0 Å². The van der Waals surface area contributed by atoms with Crippen molar-refractivity contribution in [2.75, 3.05) is 13.1 Å². The summed E-state index contributed by atoms with van der Waals surface area (Å²) in [6.45, 7) is 12.2. The third kappa shape index (κ3) is 2.92. The molecule has 1 atom stereocenters. The Morgan fingerprint density at radius 2 is 2.22 bits per heavy atom. The molecule has 1 fully saturated rings. The van der Waals surface area contributed by atoms with Crippen LogP contribution in [-0.4, -0.2) is 34.6 Å². The first-order valence-electron chi connectivity index (χ1n) is 6.98. The molecule has 0 amide bonds. The standard InChI is InChI=1S/C14H25N3S/c1-5-14(6-2)10-17(11(3)7-15-14)8-13-9-18-12(4)16-13/h9,11,15H,5-8,10H2,1-4H3. The summed E-state index contributed by atoms with van der Waals surface area (Å²) in [7, 11) is 0. The van der Waals surface area contributed by atoms with Gasteiger partial charge in [0.05, 0.1) is 10.7 Å². The number of aryl methyl sites for hydroxylation is 1. The number of thiazole rings is 1. The minimum Gasteiger partial charge on any atom is -0.308 e. The highest BCUT2D eigenvalue weighted by atomic mass is 32.1. The molecule has 4 heteroatoms. The van der Waals surface area contributed by atoms with Gasteiger partial charge in [-0.1, -0.05) is 13.8 Å². The molecule has 1 aliphatic rings. The summed E-state index contributed by atoms with van der Waals surface area (Å²) < 4.78 is 0. The van der Waals surface area contributed by atoms with Crippen molar-refractivity contribution in [1.82, 2.24) is 15.2 Å². The molecule has 0 saturated carbocycles. The van der Waals surface area contributed by atoms with Gasteiger partial charge in [-0.05, 0) is 26.7 Å². The number of aromatic nitrogens is 1. The van der Waals surface area contributed by atoms with E-state index in [-0.39, 0.29) is 0 Å². The van der Waals surface area contributed by atoms with Gasteiger partial charge in [0, 0.05) is 36.6 Å². The predicted molar refractivity (Wildman–Crippen MR) is 78.0 cm³/mol. The van der Waals surface area contributed by atoms with E-state index >= 15 is 0 Å². The van der Waals surface area contributed by atoms with Crippen molar-refractivity contribution in [3.8, 4) is 0 Å². The van der Waals surface area contributed by atoms with E-state index in [0.717, 1.165) is 19.6 Å². The third-order valence-corrected chi connectivity index (χ3v) is 5.11. The van der Waals surface area contributed by atoms with Crippen molar-refractivity contribution in [2.45, 2.75) is 58.7 Å². The lowest BCUT2D eigenvalue weighted by Crippen LogP contribution is -2.62. The molecule has 1 unspecified atom stereocenters. The van der Waals surface area contributed by atoms with Gasteiger partial charge in [-0.15, -0.1) is 11.3 Å². The largest absolute Gasteiger partial charge is 0.308 e. The minimum absolute atomic E-state index is 0.303. The lowest BCUT2D eigenvalue weighted by atomic mass is 9.88. The van der Waals surface area contributed by atoms with Crippen LogP contribution >= 0.6 is 11.3 Å². The van der Waals surface area contributed by atoms with Gasteiger partial charge in [-0.2, -0.15) is 0 Å². The molecular weight excluding hydrogens is 242 g/mol. The Morgan fingerprint density at radius 3 is 2.78 bits per heavy atom. The highest BCUT2D eigenvalue weighted by Gasteiger charge is 2.35. The summed E-state index contributed by atoms with van der Waals surface area (Å²) in [4.78, 5) is 7.18. The van der Waals surface area contributed by atoms with Gasteiger partial charge in [0.1, 0.15) is 0 Å². The maximum atomic E-state index is 4.60. The molecular formula is C14H25N3S. The molecule has 0 aromatic carbocycles. The second-order valence-corrected chi connectivity index (χ2v) is 6.54. The number of piperazine rings is 1. The molecule has 0 radical (unpaired) electrons. The van der Waals surface area contributed by atoms with E-state index in [4.69, 9.17) is 0 Å². The first kappa shape index (κ1) is 14.0. The summed E-state index contributed by atoms with van der Waals surface area (Å²) >= 11 is 1.75. The van der Waals surface area contributed by atoms with Crippen molar-refractivity contribution in [1.29, 1.82) is 0 Å². The number of nitrogens with zero attached hydrogens (tertiary/aromatic N) is 2. The van der Waals surface area contributed by atoms with Gasteiger partial charge >= 0.3 is 0 Å². The van der Waals surface area contributed by atoms with Crippen LogP contribution in [0.15, 0.2) is 5.38 Å². The van der Waals surface area contributed by atoms with Gasteiger partial charge in [0.25, 0.3) is 0 Å². The Hall–Kier alpha value is -0.450. The second-order valence-electron chi connectivity index (χ2n) is 5.48. The molecule has 2 rings (SSSR count). The summed E-state index contributed by atoms with van der Waals surface area (Å²) in [6, 6.07) is 0.596. The van der Waals surface area contributed by atoms with Crippen molar-refractivity contribution in [3.63, 3.8) is 0 Å². The molecule has 0 bridgehead atoms. The Bertz CT molecular complexity index is 384. The fraction of sp³-hybridized carbons (Fsp3) is 0.786. The zero-order chi connectivity index (χ0) is 13.2. The van der Waals surface area contributed by atoms with Crippen molar-refractivity contribution in [2.24, 2.45) is 0 Å². The summed E-state index contributed by atoms with van der Waals surface area (Å²) in [5.74, 6) is 0. The SMILES string of the molecule is CCC1(CC)CN(Cc2csc(C)n2)C(C)CN1. The third-order valence-electron chi connectivity index (χ3n) is 4.29. The fourth-order valence-corrected chi connectivity index (χ4v) is 3.32. The monoisotopic (exact) mass is 267 g/mol. The smallest absolute Gasteiger partial charge is 0.0897 e. The summed E-state index contributed by atoms with van der Waals surface area (Å²) in [5, 5.41) is 7.11. The van der Waals surface area contributed by atoms with E-state index in [1.54, 1.807) is 11.3 Å². The number of hydrogen-bond donors (Lipinski definition) is 1. The zero-order valence-corrected chi connectivity index (χ0v) is 12.8.